The van der Waals surface area contributed by atoms with Crippen LogP contribution in [-0.4, -0.2) is 22.6 Å². The smallest absolute Gasteiger partial charge is 0.233 e. The maximum atomic E-state index is 8.56. The van der Waals surface area contributed by atoms with Gasteiger partial charge in [-0.3, -0.25) is 0 Å². The van der Waals surface area contributed by atoms with Gasteiger partial charge in [-0.2, -0.15) is 0 Å². The van der Waals surface area contributed by atoms with Crippen molar-refractivity contribution in [3.8, 4) is 5.88 Å². The minimum Gasteiger partial charge on any atom is -0.476 e. The first-order chi connectivity index (χ1) is 7.56. The van der Waals surface area contributed by atoms with E-state index in [4.69, 9.17) is 27.3 Å². The number of hydrogen-bond donors (Lipinski definition) is 2. The van der Waals surface area contributed by atoms with Crippen molar-refractivity contribution >= 4 is 17.4 Å². The summed E-state index contributed by atoms with van der Waals surface area (Å²) in [6, 6.07) is 1.56. The van der Waals surface area contributed by atoms with E-state index in [1.165, 1.54) is 6.20 Å². The molecule has 0 aliphatic rings. The van der Waals surface area contributed by atoms with E-state index in [1.54, 1.807) is 6.07 Å². The molecule has 0 saturated carbocycles. The maximum absolute atomic E-state index is 8.56. The average molecular weight is 244 g/mol. The molecule has 0 atom stereocenters. The fourth-order valence-corrected chi connectivity index (χ4v) is 1.29. The molecule has 1 aromatic rings. The lowest BCUT2D eigenvalue weighted by molar-refractivity contribution is 0.261. The molecule has 0 fully saturated rings. The van der Waals surface area contributed by atoms with E-state index in [2.05, 4.69) is 10.1 Å². The summed E-state index contributed by atoms with van der Waals surface area (Å²) in [5, 5.41) is 11.7. The van der Waals surface area contributed by atoms with Crippen LogP contribution in [0.5, 0.6) is 5.88 Å². The highest BCUT2D eigenvalue weighted by Crippen LogP contribution is 2.25. The maximum Gasteiger partial charge on any atom is 0.233 e. The zero-order chi connectivity index (χ0) is 12.1. The van der Waals surface area contributed by atoms with Crippen LogP contribution < -0.4 is 10.5 Å². The van der Waals surface area contributed by atoms with Gasteiger partial charge in [0.05, 0.1) is 6.61 Å². The highest BCUT2D eigenvalue weighted by molar-refractivity contribution is 6.35. The largest absolute Gasteiger partial charge is 0.476 e. The number of halogens is 1. The zero-order valence-corrected chi connectivity index (χ0v) is 9.90. The second-order valence-corrected chi connectivity index (χ2v) is 4.05. The Labute approximate surface area is 98.9 Å². The van der Waals surface area contributed by atoms with Crippen LogP contribution in [0.15, 0.2) is 17.4 Å². The van der Waals surface area contributed by atoms with E-state index in [0.717, 1.165) is 0 Å². The Morgan fingerprint density at radius 3 is 2.94 bits per heavy atom. The Bertz CT molecular complexity index is 394. The Balaban J connectivity index is 2.95. The molecule has 0 unspecified atom stereocenters. The fourth-order valence-electron chi connectivity index (χ4n) is 1.02. The summed E-state index contributed by atoms with van der Waals surface area (Å²) in [7, 11) is 0. The molecular formula is C10H14ClN3O2. The van der Waals surface area contributed by atoms with Gasteiger partial charge in [0.1, 0.15) is 5.02 Å². The summed E-state index contributed by atoms with van der Waals surface area (Å²) < 4.78 is 5.40. The normalized spacial score (nSPS) is 11.9. The third-order valence-corrected chi connectivity index (χ3v) is 2.16. The summed E-state index contributed by atoms with van der Waals surface area (Å²) in [5.74, 6) is 0.589. The van der Waals surface area contributed by atoms with Crippen LogP contribution in [0.4, 0.5) is 0 Å². The first-order valence-electron chi connectivity index (χ1n) is 4.81. The summed E-state index contributed by atoms with van der Waals surface area (Å²) >= 11 is 6.01. The minimum atomic E-state index is -0.0678. The molecule has 0 aromatic carbocycles. The second kappa shape index (κ2) is 5.55. The van der Waals surface area contributed by atoms with Crippen LogP contribution in [0.3, 0.4) is 0 Å². The van der Waals surface area contributed by atoms with E-state index >= 15 is 0 Å². The monoisotopic (exact) mass is 243 g/mol. The molecule has 0 aliphatic heterocycles. The van der Waals surface area contributed by atoms with Gasteiger partial charge in [0.15, 0.2) is 5.84 Å². The van der Waals surface area contributed by atoms with Crippen LogP contribution in [0, 0.1) is 5.92 Å². The van der Waals surface area contributed by atoms with Crippen molar-refractivity contribution in [3.63, 3.8) is 0 Å². The number of amidine groups is 1. The van der Waals surface area contributed by atoms with E-state index in [1.807, 2.05) is 13.8 Å². The molecule has 0 spiro atoms. The minimum absolute atomic E-state index is 0.0678. The molecule has 6 heteroatoms. The molecule has 1 rings (SSSR count). The lowest BCUT2D eigenvalue weighted by atomic mass is 10.2. The summed E-state index contributed by atoms with van der Waals surface area (Å²) in [5.41, 5.74) is 5.85. The quantitative estimate of drug-likeness (QED) is 0.366. The van der Waals surface area contributed by atoms with Crippen LogP contribution in [-0.2, 0) is 0 Å². The Kier molecular flexibility index (Phi) is 4.37. The molecule has 1 heterocycles. The van der Waals surface area contributed by atoms with Crippen molar-refractivity contribution in [2.75, 3.05) is 6.61 Å². The van der Waals surface area contributed by atoms with Gasteiger partial charge in [-0.25, -0.2) is 4.98 Å². The van der Waals surface area contributed by atoms with Crippen molar-refractivity contribution in [1.82, 2.24) is 4.98 Å². The highest BCUT2D eigenvalue weighted by atomic mass is 35.5. The van der Waals surface area contributed by atoms with Gasteiger partial charge in [-0.1, -0.05) is 30.6 Å². The number of hydrogen-bond acceptors (Lipinski definition) is 4. The molecule has 16 heavy (non-hydrogen) atoms. The van der Waals surface area contributed by atoms with Gasteiger partial charge >= 0.3 is 0 Å². The van der Waals surface area contributed by atoms with E-state index in [9.17, 15) is 0 Å². The van der Waals surface area contributed by atoms with Gasteiger partial charge in [0, 0.05) is 11.8 Å². The van der Waals surface area contributed by atoms with Gasteiger partial charge in [0.2, 0.25) is 5.88 Å². The molecule has 3 N–H and O–H groups in total. The Morgan fingerprint density at radius 2 is 2.38 bits per heavy atom. The Hall–Kier alpha value is -1.49. The SMILES string of the molecule is CC(C)COc1nccc(/C(N)=N/O)c1Cl. The molecular weight excluding hydrogens is 230 g/mol. The zero-order valence-electron chi connectivity index (χ0n) is 9.14. The van der Waals surface area contributed by atoms with Crippen molar-refractivity contribution in [3.05, 3.63) is 22.8 Å². The first kappa shape index (κ1) is 12.6. The van der Waals surface area contributed by atoms with Crippen molar-refractivity contribution in [2.24, 2.45) is 16.8 Å². The number of nitrogens with zero attached hydrogens (tertiary/aromatic N) is 2. The lowest BCUT2D eigenvalue weighted by Crippen LogP contribution is -2.15. The number of oxime groups is 1. The predicted molar refractivity (Wildman–Crippen MR) is 62.1 cm³/mol. The second-order valence-electron chi connectivity index (χ2n) is 3.67. The van der Waals surface area contributed by atoms with Crippen molar-refractivity contribution < 1.29 is 9.94 Å². The molecule has 0 amide bonds. The molecule has 5 nitrogen and oxygen atoms in total. The molecule has 0 radical (unpaired) electrons. The third-order valence-electron chi connectivity index (χ3n) is 1.79. The van der Waals surface area contributed by atoms with Crippen LogP contribution in [0.1, 0.15) is 19.4 Å². The molecule has 0 bridgehead atoms. The number of ether oxygens (including phenoxy) is 1. The summed E-state index contributed by atoms with van der Waals surface area (Å²) in [6.07, 6.45) is 1.49. The number of nitrogens with two attached hydrogens (primary N) is 1. The number of pyridine rings is 1. The van der Waals surface area contributed by atoms with Crippen molar-refractivity contribution in [2.45, 2.75) is 13.8 Å². The van der Waals surface area contributed by atoms with E-state index in [-0.39, 0.29) is 10.9 Å². The molecule has 1 aromatic heterocycles. The first-order valence-corrected chi connectivity index (χ1v) is 5.19. The lowest BCUT2D eigenvalue weighted by Gasteiger charge is -2.10. The van der Waals surface area contributed by atoms with Gasteiger partial charge in [0.25, 0.3) is 0 Å². The average Bonchev–Trinajstić information content (AvgIpc) is 2.26. The highest BCUT2D eigenvalue weighted by Gasteiger charge is 2.12. The number of aromatic nitrogens is 1. The molecule has 88 valence electrons. The van der Waals surface area contributed by atoms with Crippen LogP contribution in [0.25, 0.3) is 0 Å². The standard InChI is InChI=1S/C10H14ClN3O2/c1-6(2)5-16-10-8(11)7(3-4-13-10)9(12)14-15/h3-4,6,15H,5H2,1-2H3,(H2,12,14). The van der Waals surface area contributed by atoms with E-state index in [0.29, 0.717) is 24.0 Å². The van der Waals surface area contributed by atoms with Gasteiger partial charge < -0.3 is 15.7 Å². The van der Waals surface area contributed by atoms with Crippen LogP contribution >= 0.6 is 11.6 Å². The Morgan fingerprint density at radius 1 is 1.69 bits per heavy atom. The topological polar surface area (TPSA) is 80.7 Å². The van der Waals surface area contributed by atoms with Crippen LogP contribution in [0.2, 0.25) is 5.02 Å². The summed E-state index contributed by atoms with van der Waals surface area (Å²) in [6.45, 7) is 4.54. The van der Waals surface area contributed by atoms with Crippen molar-refractivity contribution in [1.29, 1.82) is 0 Å². The predicted octanol–water partition coefficient (Wildman–Crippen LogP) is 1.86. The molecule has 0 aliphatic carbocycles. The third kappa shape index (κ3) is 3.00. The number of rotatable bonds is 4. The van der Waals surface area contributed by atoms with Gasteiger partial charge in [-0.05, 0) is 12.0 Å². The fraction of sp³-hybridized carbons (Fsp3) is 0.400. The van der Waals surface area contributed by atoms with Gasteiger partial charge in [-0.15, -0.1) is 0 Å². The molecule has 0 saturated heterocycles. The summed E-state index contributed by atoms with van der Waals surface area (Å²) in [4.78, 5) is 3.98. The van der Waals surface area contributed by atoms with E-state index < -0.39 is 0 Å².